The molecule has 0 saturated carbocycles. The average molecular weight is 290 g/mol. The van der Waals surface area contributed by atoms with Gasteiger partial charge in [-0.15, -0.1) is 11.8 Å². The van der Waals surface area contributed by atoms with E-state index in [2.05, 4.69) is 54.8 Å². The zero-order valence-corrected chi connectivity index (χ0v) is 13.5. The maximum absolute atomic E-state index is 5.24. The van der Waals surface area contributed by atoms with Crippen LogP contribution in [-0.2, 0) is 0 Å². The molecule has 1 heterocycles. The molecule has 0 aliphatic heterocycles. The molecule has 3 nitrogen and oxygen atoms in total. The van der Waals surface area contributed by atoms with Crippen LogP contribution in [0.2, 0.25) is 0 Å². The maximum atomic E-state index is 5.24. The van der Waals surface area contributed by atoms with E-state index >= 15 is 0 Å². The Morgan fingerprint density at radius 2 is 1.75 bits per heavy atom. The van der Waals surface area contributed by atoms with E-state index in [0.717, 1.165) is 17.0 Å². The van der Waals surface area contributed by atoms with Gasteiger partial charge in [0.2, 0.25) is 0 Å². The van der Waals surface area contributed by atoms with Crippen molar-refractivity contribution in [2.75, 3.05) is 6.26 Å². The summed E-state index contributed by atoms with van der Waals surface area (Å²) in [5, 5.41) is 7.63. The Labute approximate surface area is 125 Å². The molecule has 2 atom stereocenters. The van der Waals surface area contributed by atoms with E-state index in [-0.39, 0.29) is 12.1 Å². The van der Waals surface area contributed by atoms with Crippen LogP contribution in [0.3, 0.4) is 0 Å². The van der Waals surface area contributed by atoms with E-state index < -0.39 is 0 Å². The molecule has 4 heteroatoms. The molecule has 2 unspecified atom stereocenters. The fourth-order valence-electron chi connectivity index (χ4n) is 2.56. The van der Waals surface area contributed by atoms with E-state index in [0.29, 0.717) is 0 Å². The molecule has 1 aromatic heterocycles. The third kappa shape index (κ3) is 3.25. The van der Waals surface area contributed by atoms with Gasteiger partial charge in [0.05, 0.1) is 5.69 Å². The highest BCUT2D eigenvalue weighted by Gasteiger charge is 2.18. The molecule has 108 valence electrons. The summed E-state index contributed by atoms with van der Waals surface area (Å²) in [6.45, 7) is 8.29. The lowest BCUT2D eigenvalue weighted by atomic mass is 10.0. The SMILES string of the molecule is CSc1ccc(C(C)NC(C)c2c(C)noc2C)cc1. The number of thioether (sulfide) groups is 1. The first-order chi connectivity index (χ1) is 9.52. The summed E-state index contributed by atoms with van der Waals surface area (Å²) in [7, 11) is 0. The van der Waals surface area contributed by atoms with Crippen molar-refractivity contribution in [2.45, 2.75) is 44.7 Å². The topological polar surface area (TPSA) is 38.1 Å². The summed E-state index contributed by atoms with van der Waals surface area (Å²) in [5.74, 6) is 0.896. The van der Waals surface area contributed by atoms with Crippen LogP contribution in [0, 0.1) is 13.8 Å². The Morgan fingerprint density at radius 1 is 1.10 bits per heavy atom. The predicted molar refractivity (Wildman–Crippen MR) is 84.2 cm³/mol. The molecule has 0 bridgehead atoms. The van der Waals surface area contributed by atoms with Gasteiger partial charge in [-0.2, -0.15) is 0 Å². The number of aryl methyl sites for hydroxylation is 2. The molecular formula is C16H22N2OS. The van der Waals surface area contributed by atoms with Crippen LogP contribution in [0.1, 0.15) is 48.5 Å². The highest BCUT2D eigenvalue weighted by atomic mass is 32.2. The first-order valence-electron chi connectivity index (χ1n) is 6.85. The zero-order valence-electron chi connectivity index (χ0n) is 12.7. The molecular weight excluding hydrogens is 268 g/mol. The molecule has 1 aromatic carbocycles. The second-order valence-corrected chi connectivity index (χ2v) is 6.00. The van der Waals surface area contributed by atoms with Crippen LogP contribution < -0.4 is 5.32 Å². The van der Waals surface area contributed by atoms with Crippen molar-refractivity contribution in [3.63, 3.8) is 0 Å². The number of hydrogen-bond donors (Lipinski definition) is 1. The molecule has 20 heavy (non-hydrogen) atoms. The van der Waals surface area contributed by atoms with Gasteiger partial charge in [0.25, 0.3) is 0 Å². The Hall–Kier alpha value is -1.26. The quantitative estimate of drug-likeness (QED) is 0.827. The summed E-state index contributed by atoms with van der Waals surface area (Å²) in [4.78, 5) is 1.29. The lowest BCUT2D eigenvalue weighted by Crippen LogP contribution is -2.23. The normalized spacial score (nSPS) is 14.2. The maximum Gasteiger partial charge on any atom is 0.138 e. The summed E-state index contributed by atoms with van der Waals surface area (Å²) < 4.78 is 5.24. The molecule has 0 radical (unpaired) electrons. The van der Waals surface area contributed by atoms with Gasteiger partial charge in [0, 0.05) is 22.5 Å². The summed E-state index contributed by atoms with van der Waals surface area (Å²) >= 11 is 1.76. The van der Waals surface area contributed by atoms with Gasteiger partial charge in [0.1, 0.15) is 5.76 Å². The largest absolute Gasteiger partial charge is 0.361 e. The van der Waals surface area contributed by atoms with Crippen molar-refractivity contribution in [3.8, 4) is 0 Å². The van der Waals surface area contributed by atoms with Crippen molar-refractivity contribution < 1.29 is 4.52 Å². The van der Waals surface area contributed by atoms with Gasteiger partial charge in [-0.3, -0.25) is 0 Å². The van der Waals surface area contributed by atoms with Crippen molar-refractivity contribution in [1.29, 1.82) is 0 Å². The van der Waals surface area contributed by atoms with Crippen LogP contribution >= 0.6 is 11.8 Å². The molecule has 0 amide bonds. The van der Waals surface area contributed by atoms with Gasteiger partial charge in [0.15, 0.2) is 0 Å². The fraction of sp³-hybridized carbons (Fsp3) is 0.438. The number of rotatable bonds is 5. The monoisotopic (exact) mass is 290 g/mol. The third-order valence-corrected chi connectivity index (χ3v) is 4.38. The van der Waals surface area contributed by atoms with E-state index in [1.165, 1.54) is 10.5 Å². The van der Waals surface area contributed by atoms with Crippen LogP contribution in [0.25, 0.3) is 0 Å². The van der Waals surface area contributed by atoms with Gasteiger partial charge in [-0.25, -0.2) is 0 Å². The van der Waals surface area contributed by atoms with Crippen LogP contribution in [0.5, 0.6) is 0 Å². The number of aromatic nitrogens is 1. The molecule has 0 aliphatic carbocycles. The van der Waals surface area contributed by atoms with Crippen LogP contribution in [0.15, 0.2) is 33.7 Å². The number of hydrogen-bond acceptors (Lipinski definition) is 4. The van der Waals surface area contributed by atoms with Crippen molar-refractivity contribution in [1.82, 2.24) is 10.5 Å². The highest BCUT2D eigenvalue weighted by Crippen LogP contribution is 2.25. The molecule has 0 saturated heterocycles. The van der Waals surface area contributed by atoms with E-state index in [4.69, 9.17) is 4.52 Å². The van der Waals surface area contributed by atoms with Gasteiger partial charge < -0.3 is 9.84 Å². The molecule has 2 aromatic rings. The standard InChI is InChI=1S/C16H22N2OS/c1-10(14-6-8-15(20-5)9-7-14)17-11(2)16-12(3)18-19-13(16)4/h6-11,17H,1-5H3. The average Bonchev–Trinajstić information content (AvgIpc) is 2.78. The minimum atomic E-state index is 0.219. The predicted octanol–water partition coefficient (Wildman–Crippen LogP) is 4.43. The van der Waals surface area contributed by atoms with E-state index in [1.807, 2.05) is 13.8 Å². The Kier molecular flexibility index (Phi) is 4.89. The van der Waals surface area contributed by atoms with Crippen LogP contribution in [0.4, 0.5) is 0 Å². The first kappa shape index (κ1) is 15.1. The first-order valence-corrected chi connectivity index (χ1v) is 8.08. The molecule has 0 aliphatic rings. The van der Waals surface area contributed by atoms with Gasteiger partial charge >= 0.3 is 0 Å². The van der Waals surface area contributed by atoms with Gasteiger partial charge in [-0.05, 0) is 51.6 Å². The summed E-state index contributed by atoms with van der Waals surface area (Å²) in [5.41, 5.74) is 3.42. The number of nitrogens with one attached hydrogen (secondary N) is 1. The second-order valence-electron chi connectivity index (χ2n) is 5.12. The van der Waals surface area contributed by atoms with E-state index in [9.17, 15) is 0 Å². The van der Waals surface area contributed by atoms with Crippen molar-refractivity contribution in [2.24, 2.45) is 0 Å². The van der Waals surface area contributed by atoms with Crippen molar-refractivity contribution in [3.05, 3.63) is 46.8 Å². The van der Waals surface area contributed by atoms with E-state index in [1.54, 1.807) is 11.8 Å². The fourth-order valence-corrected chi connectivity index (χ4v) is 2.96. The lowest BCUT2D eigenvalue weighted by Gasteiger charge is -2.20. The summed E-state index contributed by atoms with van der Waals surface area (Å²) in [6.07, 6.45) is 2.09. The third-order valence-electron chi connectivity index (χ3n) is 3.64. The molecule has 2 rings (SSSR count). The van der Waals surface area contributed by atoms with Crippen LogP contribution in [-0.4, -0.2) is 11.4 Å². The molecule has 0 fully saturated rings. The molecule has 0 spiro atoms. The Bertz CT molecular complexity index is 543. The Balaban J connectivity index is 2.08. The molecule has 1 N–H and O–H groups in total. The smallest absolute Gasteiger partial charge is 0.138 e. The Morgan fingerprint density at radius 3 is 2.25 bits per heavy atom. The van der Waals surface area contributed by atoms with Gasteiger partial charge in [-0.1, -0.05) is 17.3 Å². The highest BCUT2D eigenvalue weighted by molar-refractivity contribution is 7.98. The minimum absolute atomic E-state index is 0.219. The number of nitrogens with zero attached hydrogens (tertiary/aromatic N) is 1. The second kappa shape index (κ2) is 6.46. The minimum Gasteiger partial charge on any atom is -0.361 e. The zero-order chi connectivity index (χ0) is 14.7. The van der Waals surface area contributed by atoms with Crippen molar-refractivity contribution >= 4 is 11.8 Å². The number of benzene rings is 1. The summed E-state index contributed by atoms with van der Waals surface area (Å²) in [6, 6.07) is 9.20. The lowest BCUT2D eigenvalue weighted by molar-refractivity contribution is 0.389.